The lowest BCUT2D eigenvalue weighted by Crippen LogP contribution is -2.12. The predicted octanol–water partition coefficient (Wildman–Crippen LogP) is 2.55. The van der Waals surface area contributed by atoms with Crippen LogP contribution in [0.4, 0.5) is 11.4 Å². The molecule has 0 spiro atoms. The summed E-state index contributed by atoms with van der Waals surface area (Å²) in [7, 11) is 0. The smallest absolute Gasteiger partial charge is 0.291 e. The first-order valence-corrected chi connectivity index (χ1v) is 5.83. The molecule has 1 aromatic carbocycles. The molecule has 0 aliphatic heterocycles. The van der Waals surface area contributed by atoms with E-state index in [1.165, 1.54) is 6.07 Å². The second-order valence-corrected chi connectivity index (χ2v) is 3.99. The molecule has 5 nitrogen and oxygen atoms in total. The van der Waals surface area contributed by atoms with Crippen LogP contribution in [0.2, 0.25) is 0 Å². The van der Waals surface area contributed by atoms with Crippen molar-refractivity contribution >= 4 is 17.3 Å². The van der Waals surface area contributed by atoms with Gasteiger partial charge in [0.1, 0.15) is 11.8 Å². The van der Waals surface area contributed by atoms with E-state index in [-0.39, 0.29) is 11.7 Å². The summed E-state index contributed by atoms with van der Waals surface area (Å²) < 4.78 is 5.34. The van der Waals surface area contributed by atoms with E-state index in [4.69, 9.17) is 15.4 Å². The third-order valence-corrected chi connectivity index (χ3v) is 2.65. The number of furan rings is 1. The summed E-state index contributed by atoms with van der Waals surface area (Å²) in [5.74, 6) is 0.571. The Morgan fingerprint density at radius 1 is 1.42 bits per heavy atom. The zero-order chi connectivity index (χ0) is 13.8. The van der Waals surface area contributed by atoms with Crippen molar-refractivity contribution in [3.63, 3.8) is 0 Å². The molecule has 3 N–H and O–H groups in total. The number of hydrogen-bond donors (Lipinski definition) is 2. The van der Waals surface area contributed by atoms with Crippen LogP contribution in [0.15, 0.2) is 34.7 Å². The molecule has 0 atom stereocenters. The van der Waals surface area contributed by atoms with E-state index >= 15 is 0 Å². The van der Waals surface area contributed by atoms with E-state index < -0.39 is 0 Å². The normalized spacial score (nSPS) is 9.89. The summed E-state index contributed by atoms with van der Waals surface area (Å²) in [6.45, 7) is 1.94. The van der Waals surface area contributed by atoms with Crippen LogP contribution in [-0.2, 0) is 6.42 Å². The maximum Gasteiger partial charge on any atom is 0.291 e. The zero-order valence-corrected chi connectivity index (χ0v) is 10.4. The van der Waals surface area contributed by atoms with Crippen molar-refractivity contribution in [1.82, 2.24) is 0 Å². The monoisotopic (exact) mass is 255 g/mol. The van der Waals surface area contributed by atoms with Gasteiger partial charge >= 0.3 is 0 Å². The van der Waals surface area contributed by atoms with Gasteiger partial charge in [0.2, 0.25) is 0 Å². The summed E-state index contributed by atoms with van der Waals surface area (Å²) in [6, 6.07) is 10.1. The van der Waals surface area contributed by atoms with E-state index in [2.05, 4.69) is 5.32 Å². The largest absolute Gasteiger partial charge is 0.456 e. The topological polar surface area (TPSA) is 92.0 Å². The van der Waals surface area contributed by atoms with E-state index in [0.717, 1.165) is 12.2 Å². The number of aryl methyl sites for hydroxylation is 1. The maximum atomic E-state index is 12.0. The molecule has 0 aliphatic carbocycles. The van der Waals surface area contributed by atoms with E-state index in [1.54, 1.807) is 24.3 Å². The number of amides is 1. The highest BCUT2D eigenvalue weighted by molar-refractivity contribution is 6.03. The van der Waals surface area contributed by atoms with Crippen LogP contribution >= 0.6 is 0 Å². The third-order valence-electron chi connectivity index (χ3n) is 2.65. The SMILES string of the molecule is CCc1ccc(C(=O)Nc2ccc(N)cc2C#N)o1. The van der Waals surface area contributed by atoms with Crippen LogP contribution in [0.1, 0.15) is 28.8 Å². The molecule has 1 amide bonds. The number of nitrogen functional groups attached to an aromatic ring is 1. The van der Waals surface area contributed by atoms with Crippen molar-refractivity contribution in [2.45, 2.75) is 13.3 Å². The van der Waals surface area contributed by atoms with Crippen molar-refractivity contribution in [2.24, 2.45) is 0 Å². The number of nitrogens with one attached hydrogen (secondary N) is 1. The Balaban J connectivity index is 2.22. The lowest BCUT2D eigenvalue weighted by atomic mass is 10.1. The number of nitriles is 1. The molecule has 0 fully saturated rings. The average molecular weight is 255 g/mol. The molecule has 0 radical (unpaired) electrons. The molecular formula is C14H13N3O2. The van der Waals surface area contributed by atoms with Crippen LogP contribution in [-0.4, -0.2) is 5.91 Å². The molecule has 2 aromatic rings. The summed E-state index contributed by atoms with van der Waals surface area (Å²) in [5.41, 5.74) is 6.79. The van der Waals surface area contributed by atoms with Gasteiger partial charge < -0.3 is 15.5 Å². The minimum Gasteiger partial charge on any atom is -0.456 e. The van der Waals surface area contributed by atoms with Crippen LogP contribution in [0.3, 0.4) is 0 Å². The minimum atomic E-state index is -0.388. The quantitative estimate of drug-likeness (QED) is 0.824. The first-order chi connectivity index (χ1) is 9.13. The van der Waals surface area contributed by atoms with Gasteiger partial charge in [0.25, 0.3) is 5.91 Å². The Labute approximate surface area is 110 Å². The average Bonchev–Trinajstić information content (AvgIpc) is 2.89. The van der Waals surface area contributed by atoms with Gasteiger partial charge in [-0.1, -0.05) is 6.92 Å². The summed E-state index contributed by atoms with van der Waals surface area (Å²) in [4.78, 5) is 12.0. The molecule has 1 aromatic heterocycles. The molecule has 19 heavy (non-hydrogen) atoms. The fourth-order valence-electron chi connectivity index (χ4n) is 1.64. The fourth-order valence-corrected chi connectivity index (χ4v) is 1.64. The Bertz CT molecular complexity index is 653. The van der Waals surface area contributed by atoms with Crippen molar-refractivity contribution < 1.29 is 9.21 Å². The van der Waals surface area contributed by atoms with Gasteiger partial charge in [-0.05, 0) is 30.3 Å². The molecular weight excluding hydrogens is 242 g/mol. The van der Waals surface area contributed by atoms with Gasteiger partial charge in [0.15, 0.2) is 5.76 Å². The number of carbonyl (C=O) groups is 1. The first-order valence-electron chi connectivity index (χ1n) is 5.83. The molecule has 0 saturated heterocycles. The van der Waals surface area contributed by atoms with Crippen LogP contribution < -0.4 is 11.1 Å². The Kier molecular flexibility index (Phi) is 3.53. The number of rotatable bonds is 3. The number of hydrogen-bond acceptors (Lipinski definition) is 4. The molecule has 0 bridgehead atoms. The summed E-state index contributed by atoms with van der Waals surface area (Å²) in [5, 5.41) is 11.6. The Hall–Kier alpha value is -2.74. The van der Waals surface area contributed by atoms with Crippen LogP contribution in [0.25, 0.3) is 0 Å². The van der Waals surface area contributed by atoms with Crippen molar-refractivity contribution in [3.05, 3.63) is 47.4 Å². The van der Waals surface area contributed by atoms with Crippen LogP contribution in [0, 0.1) is 11.3 Å². The predicted molar refractivity (Wildman–Crippen MR) is 71.6 cm³/mol. The molecule has 0 unspecified atom stereocenters. The van der Waals surface area contributed by atoms with Crippen molar-refractivity contribution in [2.75, 3.05) is 11.1 Å². The van der Waals surface area contributed by atoms with Gasteiger partial charge in [-0.2, -0.15) is 5.26 Å². The first kappa shape index (κ1) is 12.7. The highest BCUT2D eigenvalue weighted by atomic mass is 16.3. The molecule has 0 saturated carbocycles. The number of benzene rings is 1. The van der Waals surface area contributed by atoms with Gasteiger partial charge in [0, 0.05) is 12.1 Å². The van der Waals surface area contributed by atoms with Gasteiger partial charge in [-0.25, -0.2) is 0 Å². The highest BCUT2D eigenvalue weighted by Gasteiger charge is 2.13. The summed E-state index contributed by atoms with van der Waals surface area (Å²) >= 11 is 0. The molecule has 1 heterocycles. The standard InChI is InChI=1S/C14H13N3O2/c1-2-11-4-6-13(19-11)14(18)17-12-5-3-10(16)7-9(12)8-15/h3-7H,2,16H2,1H3,(H,17,18). The number of nitrogens with two attached hydrogens (primary N) is 1. The fraction of sp³-hybridized carbons (Fsp3) is 0.143. The van der Waals surface area contributed by atoms with Gasteiger partial charge in [-0.15, -0.1) is 0 Å². The number of carbonyl (C=O) groups excluding carboxylic acids is 1. The van der Waals surface area contributed by atoms with Crippen molar-refractivity contribution in [3.8, 4) is 6.07 Å². The zero-order valence-electron chi connectivity index (χ0n) is 10.4. The Morgan fingerprint density at radius 3 is 2.84 bits per heavy atom. The Morgan fingerprint density at radius 2 is 2.21 bits per heavy atom. The van der Waals surface area contributed by atoms with E-state index in [9.17, 15) is 4.79 Å². The lowest BCUT2D eigenvalue weighted by molar-refractivity contribution is 0.0995. The lowest BCUT2D eigenvalue weighted by Gasteiger charge is -2.06. The molecule has 0 aliphatic rings. The van der Waals surface area contributed by atoms with Gasteiger partial charge in [0.05, 0.1) is 11.3 Å². The van der Waals surface area contributed by atoms with Crippen molar-refractivity contribution in [1.29, 1.82) is 5.26 Å². The molecule has 2 rings (SSSR count). The van der Waals surface area contributed by atoms with E-state index in [0.29, 0.717) is 16.9 Å². The minimum absolute atomic E-state index is 0.220. The van der Waals surface area contributed by atoms with Crippen LogP contribution in [0.5, 0.6) is 0 Å². The molecule has 5 heteroatoms. The third kappa shape index (κ3) is 2.75. The second-order valence-electron chi connectivity index (χ2n) is 3.99. The molecule has 96 valence electrons. The van der Waals surface area contributed by atoms with E-state index in [1.807, 2.05) is 13.0 Å². The number of anilines is 2. The number of nitrogens with zero attached hydrogens (tertiary/aromatic N) is 1. The summed E-state index contributed by atoms with van der Waals surface area (Å²) in [6.07, 6.45) is 0.721. The maximum absolute atomic E-state index is 12.0. The highest BCUT2D eigenvalue weighted by Crippen LogP contribution is 2.19. The second kappa shape index (κ2) is 5.27. The van der Waals surface area contributed by atoms with Gasteiger partial charge in [-0.3, -0.25) is 4.79 Å².